The van der Waals surface area contributed by atoms with Gasteiger partial charge in [-0.15, -0.1) is 11.3 Å². The lowest BCUT2D eigenvalue weighted by atomic mass is 10.1. The molecular formula is C15H23N3O2S. The molecule has 5 nitrogen and oxygen atoms in total. The Labute approximate surface area is 129 Å². The highest BCUT2D eigenvalue weighted by Crippen LogP contribution is 2.12. The number of carbonyl (C=O) groups excluding carboxylic acids is 2. The minimum atomic E-state index is -0.494. The number of thiophene rings is 1. The van der Waals surface area contributed by atoms with Crippen molar-refractivity contribution in [3.05, 3.63) is 22.4 Å². The summed E-state index contributed by atoms with van der Waals surface area (Å²) in [5.74, 6) is -0.165. The number of rotatable bonds is 6. The van der Waals surface area contributed by atoms with Gasteiger partial charge in [0.05, 0.1) is 4.88 Å². The second-order valence-electron chi connectivity index (χ2n) is 5.35. The van der Waals surface area contributed by atoms with Crippen LogP contribution in [0.4, 0.5) is 0 Å². The number of hydrogen-bond donors (Lipinski definition) is 2. The van der Waals surface area contributed by atoms with E-state index in [2.05, 4.69) is 17.6 Å². The van der Waals surface area contributed by atoms with E-state index in [-0.39, 0.29) is 17.9 Å². The first-order valence-corrected chi connectivity index (χ1v) is 8.37. The standard InChI is InChI=1S/C15H23N3O2S/c1-3-8-18(12-6-7-16-10-12)15(20)11(2)17-14(19)13-5-4-9-21-13/h4-5,9,11-12,16H,3,6-8,10H2,1-2H3,(H,17,19). The highest BCUT2D eigenvalue weighted by atomic mass is 32.1. The average molecular weight is 309 g/mol. The van der Waals surface area contributed by atoms with E-state index in [4.69, 9.17) is 0 Å². The Hall–Kier alpha value is -1.40. The fourth-order valence-electron chi connectivity index (χ4n) is 2.61. The summed E-state index contributed by atoms with van der Waals surface area (Å²) in [5.41, 5.74) is 0. The zero-order valence-corrected chi connectivity index (χ0v) is 13.4. The van der Waals surface area contributed by atoms with Gasteiger partial charge in [-0.05, 0) is 37.8 Å². The second kappa shape index (κ2) is 7.56. The quantitative estimate of drug-likeness (QED) is 0.836. The van der Waals surface area contributed by atoms with Crippen molar-refractivity contribution in [2.45, 2.75) is 38.8 Å². The van der Waals surface area contributed by atoms with E-state index >= 15 is 0 Å². The molecule has 0 aromatic carbocycles. The summed E-state index contributed by atoms with van der Waals surface area (Å²) in [5, 5.41) is 7.95. The van der Waals surface area contributed by atoms with E-state index in [1.165, 1.54) is 11.3 Å². The van der Waals surface area contributed by atoms with Gasteiger partial charge in [0, 0.05) is 19.1 Å². The van der Waals surface area contributed by atoms with Gasteiger partial charge in [-0.3, -0.25) is 9.59 Å². The van der Waals surface area contributed by atoms with Crippen molar-refractivity contribution in [2.24, 2.45) is 0 Å². The summed E-state index contributed by atoms with van der Waals surface area (Å²) in [6.07, 6.45) is 1.91. The number of nitrogens with one attached hydrogen (secondary N) is 2. The molecule has 21 heavy (non-hydrogen) atoms. The maximum atomic E-state index is 12.6. The van der Waals surface area contributed by atoms with Crippen molar-refractivity contribution in [1.29, 1.82) is 0 Å². The Bertz CT molecular complexity index is 469. The topological polar surface area (TPSA) is 61.4 Å². The summed E-state index contributed by atoms with van der Waals surface area (Å²) in [7, 11) is 0. The number of nitrogens with zero attached hydrogens (tertiary/aromatic N) is 1. The first-order chi connectivity index (χ1) is 10.1. The van der Waals surface area contributed by atoms with E-state index in [1.807, 2.05) is 16.3 Å². The van der Waals surface area contributed by atoms with Crippen LogP contribution in [0.1, 0.15) is 36.4 Å². The Morgan fingerprint density at radius 2 is 2.38 bits per heavy atom. The Kier molecular flexibility index (Phi) is 5.76. The van der Waals surface area contributed by atoms with Crippen LogP contribution in [0.3, 0.4) is 0 Å². The zero-order valence-electron chi connectivity index (χ0n) is 12.6. The normalized spacial score (nSPS) is 19.2. The zero-order chi connectivity index (χ0) is 15.2. The van der Waals surface area contributed by atoms with E-state index in [0.717, 1.165) is 32.5 Å². The summed E-state index contributed by atoms with van der Waals surface area (Å²) >= 11 is 1.38. The first kappa shape index (κ1) is 16.0. The lowest BCUT2D eigenvalue weighted by molar-refractivity contribution is -0.134. The third-order valence-electron chi connectivity index (χ3n) is 3.69. The predicted octanol–water partition coefficient (Wildman–Crippen LogP) is 1.47. The van der Waals surface area contributed by atoms with E-state index in [1.54, 1.807) is 13.0 Å². The van der Waals surface area contributed by atoms with Gasteiger partial charge in [0.1, 0.15) is 6.04 Å². The van der Waals surface area contributed by atoms with Crippen LogP contribution in [-0.4, -0.2) is 48.4 Å². The monoisotopic (exact) mass is 309 g/mol. The summed E-state index contributed by atoms with van der Waals surface area (Å²) in [6, 6.07) is 3.35. The fourth-order valence-corrected chi connectivity index (χ4v) is 3.23. The van der Waals surface area contributed by atoms with Gasteiger partial charge >= 0.3 is 0 Å². The van der Waals surface area contributed by atoms with E-state index in [0.29, 0.717) is 4.88 Å². The smallest absolute Gasteiger partial charge is 0.261 e. The van der Waals surface area contributed by atoms with Crippen molar-refractivity contribution in [3.8, 4) is 0 Å². The average Bonchev–Trinajstić information content (AvgIpc) is 3.16. The van der Waals surface area contributed by atoms with Gasteiger partial charge in [0.25, 0.3) is 5.91 Å². The van der Waals surface area contributed by atoms with Gasteiger partial charge in [0.2, 0.25) is 5.91 Å². The molecule has 1 saturated heterocycles. The molecule has 2 atom stereocenters. The molecule has 0 saturated carbocycles. The van der Waals surface area contributed by atoms with Gasteiger partial charge in [-0.25, -0.2) is 0 Å². The van der Waals surface area contributed by atoms with Crippen molar-refractivity contribution in [1.82, 2.24) is 15.5 Å². The van der Waals surface area contributed by atoms with Gasteiger partial charge in [-0.1, -0.05) is 13.0 Å². The van der Waals surface area contributed by atoms with E-state index < -0.39 is 6.04 Å². The molecule has 0 bridgehead atoms. The van der Waals surface area contributed by atoms with Crippen molar-refractivity contribution < 1.29 is 9.59 Å². The molecule has 2 unspecified atom stereocenters. The Morgan fingerprint density at radius 3 is 2.95 bits per heavy atom. The van der Waals surface area contributed by atoms with Crippen molar-refractivity contribution >= 4 is 23.2 Å². The second-order valence-corrected chi connectivity index (χ2v) is 6.30. The summed E-state index contributed by atoms with van der Waals surface area (Å²) in [4.78, 5) is 27.2. The van der Waals surface area contributed by atoms with Crippen LogP contribution in [0, 0.1) is 0 Å². The molecule has 2 heterocycles. The molecule has 2 rings (SSSR count). The molecule has 2 N–H and O–H groups in total. The van der Waals surface area contributed by atoms with Crippen LogP contribution in [-0.2, 0) is 4.79 Å². The molecule has 1 aliphatic heterocycles. The van der Waals surface area contributed by atoms with Crippen LogP contribution < -0.4 is 10.6 Å². The van der Waals surface area contributed by atoms with Gasteiger partial charge in [-0.2, -0.15) is 0 Å². The van der Waals surface area contributed by atoms with Crippen LogP contribution in [0.25, 0.3) is 0 Å². The molecular weight excluding hydrogens is 286 g/mol. The minimum absolute atomic E-state index is 0.00968. The van der Waals surface area contributed by atoms with Gasteiger partial charge < -0.3 is 15.5 Å². The molecule has 6 heteroatoms. The Balaban J connectivity index is 1.97. The SMILES string of the molecule is CCCN(C(=O)C(C)NC(=O)c1cccs1)C1CCNC1. The molecule has 0 spiro atoms. The van der Waals surface area contributed by atoms with Crippen molar-refractivity contribution in [3.63, 3.8) is 0 Å². The lowest BCUT2D eigenvalue weighted by Crippen LogP contribution is -2.51. The molecule has 0 aliphatic carbocycles. The number of hydrogen-bond acceptors (Lipinski definition) is 4. The minimum Gasteiger partial charge on any atom is -0.340 e. The van der Waals surface area contributed by atoms with Gasteiger partial charge in [0.15, 0.2) is 0 Å². The molecule has 0 radical (unpaired) electrons. The molecule has 1 fully saturated rings. The molecule has 1 aromatic rings. The molecule has 116 valence electrons. The first-order valence-electron chi connectivity index (χ1n) is 7.49. The number of carbonyl (C=O) groups is 2. The third-order valence-corrected chi connectivity index (χ3v) is 4.55. The largest absolute Gasteiger partial charge is 0.340 e. The van der Waals surface area contributed by atoms with E-state index in [9.17, 15) is 9.59 Å². The maximum Gasteiger partial charge on any atom is 0.261 e. The van der Waals surface area contributed by atoms with Crippen LogP contribution in [0.2, 0.25) is 0 Å². The third kappa shape index (κ3) is 4.04. The fraction of sp³-hybridized carbons (Fsp3) is 0.600. The maximum absolute atomic E-state index is 12.6. The summed E-state index contributed by atoms with van der Waals surface area (Å²) < 4.78 is 0. The van der Waals surface area contributed by atoms with Crippen LogP contribution in [0.5, 0.6) is 0 Å². The lowest BCUT2D eigenvalue weighted by Gasteiger charge is -2.31. The number of amides is 2. The molecule has 1 aromatic heterocycles. The molecule has 2 amide bonds. The highest BCUT2D eigenvalue weighted by molar-refractivity contribution is 7.12. The van der Waals surface area contributed by atoms with Crippen LogP contribution in [0.15, 0.2) is 17.5 Å². The molecule has 1 aliphatic rings. The highest BCUT2D eigenvalue weighted by Gasteiger charge is 2.29. The Morgan fingerprint density at radius 1 is 1.57 bits per heavy atom. The summed E-state index contributed by atoms with van der Waals surface area (Å²) in [6.45, 7) is 6.37. The predicted molar refractivity (Wildman–Crippen MR) is 84.5 cm³/mol. The van der Waals surface area contributed by atoms with Crippen LogP contribution >= 0.6 is 11.3 Å². The van der Waals surface area contributed by atoms with Crippen molar-refractivity contribution in [2.75, 3.05) is 19.6 Å².